The van der Waals surface area contributed by atoms with E-state index in [9.17, 15) is 0 Å². The Bertz CT molecular complexity index is 312. The van der Waals surface area contributed by atoms with E-state index >= 15 is 0 Å². The quantitative estimate of drug-likeness (QED) is 0.580. The second-order valence-electron chi connectivity index (χ2n) is 2.72. The maximum Gasteiger partial charge on any atom is 0.158 e. The predicted molar refractivity (Wildman–Crippen MR) is 45.6 cm³/mol. The van der Waals surface area contributed by atoms with Crippen molar-refractivity contribution in [2.24, 2.45) is 7.05 Å². The molecule has 2 rings (SSSR count). The van der Waals surface area contributed by atoms with Gasteiger partial charge in [-0.1, -0.05) is 23.8 Å². The molecule has 1 heterocycles. The van der Waals surface area contributed by atoms with Crippen LogP contribution in [-0.4, -0.2) is 9.78 Å². The minimum Gasteiger partial charge on any atom is -0.271 e. The van der Waals surface area contributed by atoms with Crippen LogP contribution in [0, 0.1) is 0 Å². The first-order valence-corrected chi connectivity index (χ1v) is 4.05. The molecule has 1 aromatic rings. The summed E-state index contributed by atoms with van der Waals surface area (Å²) in [7, 11) is 1.93. The minimum absolute atomic E-state index is 0.624. The molecule has 58 valence electrons. The number of allylic oxidation sites excluding steroid dienone is 1. The normalized spacial score (nSPS) is 15.1. The average molecular weight is 169 g/mol. The number of rotatable bonds is 0. The van der Waals surface area contributed by atoms with Gasteiger partial charge in [-0.2, -0.15) is 5.10 Å². The van der Waals surface area contributed by atoms with Gasteiger partial charge in [0.25, 0.3) is 0 Å². The van der Waals surface area contributed by atoms with Crippen molar-refractivity contribution in [3.8, 4) is 0 Å². The molecule has 0 amide bonds. The Morgan fingerprint density at radius 2 is 2.45 bits per heavy atom. The summed E-state index contributed by atoms with van der Waals surface area (Å²) < 4.78 is 1.86. The second kappa shape index (κ2) is 2.38. The number of aryl methyl sites for hydroxylation is 1. The van der Waals surface area contributed by atoms with E-state index < -0.39 is 0 Å². The summed E-state index contributed by atoms with van der Waals surface area (Å²) in [6.45, 7) is 0. The van der Waals surface area contributed by atoms with Crippen LogP contribution in [0.3, 0.4) is 0 Å². The third-order valence-electron chi connectivity index (χ3n) is 1.99. The molecule has 1 aliphatic carbocycles. The standard InChI is InChI=1S/C8H9ClN2/c1-11-7-5-3-2-4-6(7)8(9)10-11/h2,4H,3,5H2,1H3. The fourth-order valence-electron chi connectivity index (χ4n) is 1.42. The van der Waals surface area contributed by atoms with Crippen molar-refractivity contribution < 1.29 is 0 Å². The summed E-state index contributed by atoms with van der Waals surface area (Å²) >= 11 is 5.88. The Morgan fingerprint density at radius 3 is 3.18 bits per heavy atom. The lowest BCUT2D eigenvalue weighted by Crippen LogP contribution is -2.00. The molecular formula is C8H9ClN2. The zero-order valence-electron chi connectivity index (χ0n) is 6.34. The summed E-state index contributed by atoms with van der Waals surface area (Å²) in [5.74, 6) is 0. The molecule has 0 aliphatic heterocycles. The van der Waals surface area contributed by atoms with Crippen LogP contribution in [0.5, 0.6) is 0 Å². The highest BCUT2D eigenvalue weighted by Crippen LogP contribution is 2.24. The maximum atomic E-state index is 5.88. The van der Waals surface area contributed by atoms with E-state index in [1.54, 1.807) is 0 Å². The molecule has 0 fully saturated rings. The summed E-state index contributed by atoms with van der Waals surface area (Å²) in [6.07, 6.45) is 6.34. The van der Waals surface area contributed by atoms with Crippen molar-refractivity contribution >= 4 is 17.7 Å². The van der Waals surface area contributed by atoms with Gasteiger partial charge in [-0.3, -0.25) is 4.68 Å². The van der Waals surface area contributed by atoms with E-state index in [2.05, 4.69) is 11.2 Å². The molecule has 0 radical (unpaired) electrons. The van der Waals surface area contributed by atoms with E-state index in [4.69, 9.17) is 11.6 Å². The van der Waals surface area contributed by atoms with Crippen molar-refractivity contribution in [3.05, 3.63) is 22.5 Å². The molecule has 0 bridgehead atoms. The summed E-state index contributed by atoms with van der Waals surface area (Å²) in [4.78, 5) is 0. The van der Waals surface area contributed by atoms with Crippen molar-refractivity contribution in [1.82, 2.24) is 9.78 Å². The van der Waals surface area contributed by atoms with Crippen LogP contribution in [0.4, 0.5) is 0 Å². The summed E-state index contributed by atoms with van der Waals surface area (Å²) in [6, 6.07) is 0. The smallest absolute Gasteiger partial charge is 0.158 e. The largest absolute Gasteiger partial charge is 0.271 e. The number of aromatic nitrogens is 2. The van der Waals surface area contributed by atoms with E-state index in [1.165, 1.54) is 5.69 Å². The number of fused-ring (bicyclic) bond motifs is 1. The first kappa shape index (κ1) is 6.92. The molecule has 11 heavy (non-hydrogen) atoms. The molecule has 0 aromatic carbocycles. The fraction of sp³-hybridized carbons (Fsp3) is 0.375. The van der Waals surface area contributed by atoms with Crippen molar-refractivity contribution in [1.29, 1.82) is 0 Å². The highest BCUT2D eigenvalue weighted by molar-refractivity contribution is 6.31. The first-order chi connectivity index (χ1) is 5.29. The van der Waals surface area contributed by atoms with E-state index in [-0.39, 0.29) is 0 Å². The SMILES string of the molecule is Cn1nc(Cl)c2c1CCC=C2. The van der Waals surface area contributed by atoms with Gasteiger partial charge in [0.1, 0.15) is 0 Å². The molecular weight excluding hydrogens is 160 g/mol. The lowest BCUT2D eigenvalue weighted by molar-refractivity contribution is 0.705. The van der Waals surface area contributed by atoms with Gasteiger partial charge >= 0.3 is 0 Å². The zero-order valence-corrected chi connectivity index (χ0v) is 7.10. The molecule has 2 nitrogen and oxygen atoms in total. The van der Waals surface area contributed by atoms with Gasteiger partial charge in [-0.05, 0) is 12.8 Å². The van der Waals surface area contributed by atoms with Gasteiger partial charge in [0.2, 0.25) is 0 Å². The molecule has 1 aromatic heterocycles. The molecule has 0 saturated carbocycles. The van der Waals surface area contributed by atoms with Gasteiger partial charge in [0.15, 0.2) is 5.15 Å². The highest BCUT2D eigenvalue weighted by Gasteiger charge is 2.13. The molecule has 3 heteroatoms. The number of halogens is 1. The molecule has 0 unspecified atom stereocenters. The van der Waals surface area contributed by atoms with Gasteiger partial charge in [-0.25, -0.2) is 0 Å². The van der Waals surface area contributed by atoms with Crippen LogP contribution in [-0.2, 0) is 13.5 Å². The highest BCUT2D eigenvalue weighted by atomic mass is 35.5. The lowest BCUT2D eigenvalue weighted by Gasteiger charge is -2.05. The topological polar surface area (TPSA) is 17.8 Å². The monoisotopic (exact) mass is 168 g/mol. The third-order valence-corrected chi connectivity index (χ3v) is 2.27. The Balaban J connectivity index is 2.63. The molecule has 1 aliphatic rings. The van der Waals surface area contributed by atoms with Gasteiger partial charge in [0, 0.05) is 18.3 Å². The number of hydrogen-bond acceptors (Lipinski definition) is 1. The summed E-state index contributed by atoms with van der Waals surface area (Å²) in [5, 5.41) is 4.75. The third kappa shape index (κ3) is 0.979. The Hall–Kier alpha value is -0.760. The first-order valence-electron chi connectivity index (χ1n) is 3.67. The average Bonchev–Trinajstić information content (AvgIpc) is 2.30. The van der Waals surface area contributed by atoms with Crippen LogP contribution in [0.1, 0.15) is 17.7 Å². The van der Waals surface area contributed by atoms with Crippen LogP contribution < -0.4 is 0 Å². The van der Waals surface area contributed by atoms with Crippen molar-refractivity contribution in [2.75, 3.05) is 0 Å². The summed E-state index contributed by atoms with van der Waals surface area (Å²) in [5.41, 5.74) is 2.35. The minimum atomic E-state index is 0.624. The zero-order chi connectivity index (χ0) is 7.84. The molecule has 0 atom stereocenters. The van der Waals surface area contributed by atoms with Crippen LogP contribution >= 0.6 is 11.6 Å². The molecule has 0 spiro atoms. The van der Waals surface area contributed by atoms with E-state index in [0.29, 0.717) is 5.15 Å². The molecule has 0 N–H and O–H groups in total. The van der Waals surface area contributed by atoms with Crippen LogP contribution in [0.25, 0.3) is 6.08 Å². The van der Waals surface area contributed by atoms with Gasteiger partial charge in [0.05, 0.1) is 0 Å². The van der Waals surface area contributed by atoms with Crippen LogP contribution in [0.15, 0.2) is 6.08 Å². The number of hydrogen-bond donors (Lipinski definition) is 0. The second-order valence-corrected chi connectivity index (χ2v) is 3.07. The predicted octanol–water partition coefficient (Wildman–Crippen LogP) is 2.03. The van der Waals surface area contributed by atoms with Gasteiger partial charge in [-0.15, -0.1) is 0 Å². The molecule has 0 saturated heterocycles. The number of nitrogens with zero attached hydrogens (tertiary/aromatic N) is 2. The Labute approximate surface area is 70.5 Å². The fourth-order valence-corrected chi connectivity index (χ4v) is 1.71. The maximum absolute atomic E-state index is 5.88. The van der Waals surface area contributed by atoms with E-state index in [1.807, 2.05) is 17.8 Å². The van der Waals surface area contributed by atoms with Crippen molar-refractivity contribution in [3.63, 3.8) is 0 Å². The lowest BCUT2D eigenvalue weighted by atomic mass is 10.1. The van der Waals surface area contributed by atoms with E-state index in [0.717, 1.165) is 18.4 Å². The van der Waals surface area contributed by atoms with Crippen LogP contribution in [0.2, 0.25) is 5.15 Å². The van der Waals surface area contributed by atoms with Gasteiger partial charge < -0.3 is 0 Å². The Kier molecular flexibility index (Phi) is 1.50. The Morgan fingerprint density at radius 1 is 1.64 bits per heavy atom. The van der Waals surface area contributed by atoms with Crippen molar-refractivity contribution in [2.45, 2.75) is 12.8 Å².